The molecule has 0 aliphatic carbocycles. The molecule has 1 heterocycles. The smallest absolute Gasteiger partial charge is 0.0738 e. The molecule has 0 aliphatic rings. The Hall–Kier alpha value is -0.400. The Morgan fingerprint density at radius 1 is 1.29 bits per heavy atom. The van der Waals surface area contributed by atoms with Gasteiger partial charge in [-0.15, -0.1) is 0 Å². The first-order chi connectivity index (χ1) is 10.1. The average molecular weight is 462 g/mol. The van der Waals surface area contributed by atoms with Crippen LogP contribution in [0.15, 0.2) is 28.7 Å². The number of likely N-dealkylation sites (N-methyl/N-ethyl adjacent to an activating group) is 1. The van der Waals surface area contributed by atoms with Crippen molar-refractivity contribution in [2.75, 3.05) is 6.54 Å². The van der Waals surface area contributed by atoms with Crippen LogP contribution >= 0.6 is 38.5 Å². The highest BCUT2D eigenvalue weighted by Crippen LogP contribution is 2.27. The van der Waals surface area contributed by atoms with Crippen molar-refractivity contribution in [2.45, 2.75) is 39.8 Å². The number of halogens is 2. The van der Waals surface area contributed by atoms with Gasteiger partial charge in [0.15, 0.2) is 0 Å². The molecule has 1 aromatic heterocycles. The molecular formula is C16H21BrIN3. The van der Waals surface area contributed by atoms with Crippen molar-refractivity contribution < 1.29 is 0 Å². The lowest BCUT2D eigenvalue weighted by Gasteiger charge is -2.19. The highest BCUT2D eigenvalue weighted by molar-refractivity contribution is 14.1. The van der Waals surface area contributed by atoms with E-state index in [1.807, 2.05) is 6.92 Å². The minimum absolute atomic E-state index is 0.310. The van der Waals surface area contributed by atoms with Crippen molar-refractivity contribution >= 4 is 38.5 Å². The summed E-state index contributed by atoms with van der Waals surface area (Å²) in [4.78, 5) is 0. The molecule has 1 atom stereocenters. The molecule has 1 aromatic carbocycles. The van der Waals surface area contributed by atoms with E-state index in [-0.39, 0.29) is 0 Å². The van der Waals surface area contributed by atoms with E-state index in [9.17, 15) is 0 Å². The quantitative estimate of drug-likeness (QED) is 0.643. The highest BCUT2D eigenvalue weighted by atomic mass is 127. The van der Waals surface area contributed by atoms with Crippen molar-refractivity contribution in [3.8, 4) is 0 Å². The maximum Gasteiger partial charge on any atom is 0.0738 e. The molecule has 2 aromatic rings. The van der Waals surface area contributed by atoms with E-state index >= 15 is 0 Å². The normalized spacial score (nSPS) is 12.6. The van der Waals surface area contributed by atoms with Crippen molar-refractivity contribution in [3.05, 3.63) is 49.3 Å². The van der Waals surface area contributed by atoms with Gasteiger partial charge in [0.2, 0.25) is 0 Å². The first kappa shape index (κ1) is 17.0. The van der Waals surface area contributed by atoms with Crippen LogP contribution in [-0.4, -0.2) is 16.3 Å². The van der Waals surface area contributed by atoms with E-state index in [1.165, 1.54) is 14.8 Å². The molecule has 0 radical (unpaired) electrons. The molecule has 114 valence electrons. The summed E-state index contributed by atoms with van der Waals surface area (Å²) in [6.07, 6.45) is 0.934. The van der Waals surface area contributed by atoms with Gasteiger partial charge in [0, 0.05) is 22.6 Å². The monoisotopic (exact) mass is 461 g/mol. The summed E-state index contributed by atoms with van der Waals surface area (Å²) in [7, 11) is 0. The highest BCUT2D eigenvalue weighted by Gasteiger charge is 2.18. The minimum Gasteiger partial charge on any atom is -0.310 e. The van der Waals surface area contributed by atoms with Crippen LogP contribution in [0.3, 0.4) is 0 Å². The van der Waals surface area contributed by atoms with Crippen molar-refractivity contribution in [2.24, 2.45) is 0 Å². The number of benzene rings is 1. The van der Waals surface area contributed by atoms with Gasteiger partial charge in [-0.25, -0.2) is 0 Å². The van der Waals surface area contributed by atoms with E-state index in [0.29, 0.717) is 6.04 Å². The van der Waals surface area contributed by atoms with E-state index in [1.54, 1.807) is 0 Å². The molecule has 5 heteroatoms. The van der Waals surface area contributed by atoms with E-state index < -0.39 is 0 Å². The van der Waals surface area contributed by atoms with Crippen LogP contribution in [0, 0.1) is 10.5 Å². The third-order valence-corrected chi connectivity index (χ3v) is 5.32. The summed E-state index contributed by atoms with van der Waals surface area (Å²) < 4.78 is 4.50. The zero-order valence-electron chi connectivity index (χ0n) is 12.7. The molecule has 1 N–H and O–H groups in total. The Balaban J connectivity index is 2.30. The first-order valence-corrected chi connectivity index (χ1v) is 9.14. The van der Waals surface area contributed by atoms with Crippen LogP contribution in [0.5, 0.6) is 0 Å². The molecule has 1 unspecified atom stereocenters. The number of rotatable bonds is 6. The lowest BCUT2D eigenvalue weighted by Crippen LogP contribution is -2.24. The zero-order chi connectivity index (χ0) is 15.4. The van der Waals surface area contributed by atoms with Gasteiger partial charge in [-0.3, -0.25) is 4.68 Å². The topological polar surface area (TPSA) is 29.9 Å². The molecule has 0 aliphatic heterocycles. The Labute approximate surface area is 148 Å². The van der Waals surface area contributed by atoms with Gasteiger partial charge in [0.25, 0.3) is 0 Å². The van der Waals surface area contributed by atoms with Crippen molar-refractivity contribution in [3.63, 3.8) is 0 Å². The number of aromatic nitrogens is 2. The standard InChI is InChI=1S/C16H21BrIN3/c1-4-19-14(12-6-8-13(18)9-7-12)10-15-16(17)11(3)20-21(15)5-2/h6-9,14,19H,4-5,10H2,1-3H3. The molecule has 0 saturated heterocycles. The molecule has 0 saturated carbocycles. The molecule has 3 nitrogen and oxygen atoms in total. The summed E-state index contributed by atoms with van der Waals surface area (Å²) in [6, 6.07) is 9.06. The fourth-order valence-electron chi connectivity index (χ4n) is 2.51. The Kier molecular flexibility index (Phi) is 6.25. The molecule has 0 bridgehead atoms. The molecular weight excluding hydrogens is 441 g/mol. The molecule has 2 rings (SSSR count). The third kappa shape index (κ3) is 4.07. The predicted molar refractivity (Wildman–Crippen MR) is 99.6 cm³/mol. The summed E-state index contributed by atoms with van der Waals surface area (Å²) >= 11 is 6.04. The molecule has 0 spiro atoms. The number of hydrogen-bond acceptors (Lipinski definition) is 2. The largest absolute Gasteiger partial charge is 0.310 e. The number of aryl methyl sites for hydroxylation is 2. The van der Waals surface area contributed by atoms with Gasteiger partial charge in [-0.1, -0.05) is 19.1 Å². The fraction of sp³-hybridized carbons (Fsp3) is 0.438. The van der Waals surface area contributed by atoms with Crippen LogP contribution < -0.4 is 5.32 Å². The van der Waals surface area contributed by atoms with Gasteiger partial charge in [0.1, 0.15) is 0 Å². The van der Waals surface area contributed by atoms with Crippen molar-refractivity contribution in [1.29, 1.82) is 0 Å². The predicted octanol–water partition coefficient (Wildman–Crippen LogP) is 4.47. The van der Waals surface area contributed by atoms with Crippen LogP contribution in [-0.2, 0) is 13.0 Å². The van der Waals surface area contributed by atoms with Gasteiger partial charge in [-0.2, -0.15) is 5.10 Å². The number of nitrogens with one attached hydrogen (secondary N) is 1. The molecule has 0 amide bonds. The SMILES string of the molecule is CCNC(Cc1c(Br)c(C)nn1CC)c1ccc(I)cc1. The Morgan fingerprint density at radius 2 is 1.95 bits per heavy atom. The minimum atomic E-state index is 0.310. The van der Waals surface area contributed by atoms with E-state index in [4.69, 9.17) is 0 Å². The molecule has 0 fully saturated rings. The van der Waals surface area contributed by atoms with Gasteiger partial charge < -0.3 is 5.32 Å². The van der Waals surface area contributed by atoms with Gasteiger partial charge in [0.05, 0.1) is 15.9 Å². The average Bonchev–Trinajstić information content (AvgIpc) is 2.75. The molecule has 21 heavy (non-hydrogen) atoms. The Bertz CT molecular complexity index is 592. The van der Waals surface area contributed by atoms with Crippen LogP contribution in [0.4, 0.5) is 0 Å². The van der Waals surface area contributed by atoms with Crippen LogP contribution in [0.2, 0.25) is 0 Å². The second-order valence-electron chi connectivity index (χ2n) is 5.03. The van der Waals surface area contributed by atoms with E-state index in [2.05, 4.69) is 91.7 Å². The number of nitrogens with zero attached hydrogens (tertiary/aromatic N) is 2. The third-order valence-electron chi connectivity index (χ3n) is 3.57. The maximum absolute atomic E-state index is 4.59. The lowest BCUT2D eigenvalue weighted by molar-refractivity contribution is 0.515. The van der Waals surface area contributed by atoms with Gasteiger partial charge >= 0.3 is 0 Å². The Morgan fingerprint density at radius 3 is 2.52 bits per heavy atom. The summed E-state index contributed by atoms with van der Waals surface area (Å²) in [5, 5.41) is 8.18. The lowest BCUT2D eigenvalue weighted by atomic mass is 10.0. The fourth-order valence-corrected chi connectivity index (χ4v) is 3.31. The first-order valence-electron chi connectivity index (χ1n) is 7.27. The number of hydrogen-bond donors (Lipinski definition) is 1. The maximum atomic E-state index is 4.59. The van der Waals surface area contributed by atoms with Crippen molar-refractivity contribution in [1.82, 2.24) is 15.1 Å². The summed E-state index contributed by atoms with van der Waals surface area (Å²) in [5.41, 5.74) is 3.65. The summed E-state index contributed by atoms with van der Waals surface area (Å²) in [6.45, 7) is 8.18. The van der Waals surface area contributed by atoms with Crippen LogP contribution in [0.1, 0.15) is 36.8 Å². The summed E-state index contributed by atoms with van der Waals surface area (Å²) in [5.74, 6) is 0. The zero-order valence-corrected chi connectivity index (χ0v) is 16.4. The van der Waals surface area contributed by atoms with E-state index in [0.717, 1.165) is 29.7 Å². The van der Waals surface area contributed by atoms with Crippen LogP contribution in [0.25, 0.3) is 0 Å². The second kappa shape index (κ2) is 7.74. The second-order valence-corrected chi connectivity index (χ2v) is 7.07. The van der Waals surface area contributed by atoms with Gasteiger partial charge in [-0.05, 0) is 76.6 Å².